The molecule has 1 nitrogen and oxygen atoms in total. The highest BCUT2D eigenvalue weighted by atomic mass is 16.3. The Hall–Kier alpha value is -1.08. The fourth-order valence-electron chi connectivity index (χ4n) is 2.56. The fourth-order valence-corrected chi connectivity index (χ4v) is 2.56. The Morgan fingerprint density at radius 2 is 1.75 bits per heavy atom. The Labute approximate surface area is 97.8 Å². The van der Waals surface area contributed by atoms with Crippen molar-refractivity contribution in [1.82, 2.24) is 0 Å². The van der Waals surface area contributed by atoms with E-state index in [9.17, 15) is 5.11 Å². The Bertz CT molecular complexity index is 347. The van der Waals surface area contributed by atoms with Gasteiger partial charge in [-0.05, 0) is 24.0 Å². The van der Waals surface area contributed by atoms with Gasteiger partial charge in [0.2, 0.25) is 0 Å². The molecule has 0 spiro atoms. The van der Waals surface area contributed by atoms with E-state index < -0.39 is 5.60 Å². The quantitative estimate of drug-likeness (QED) is 0.815. The summed E-state index contributed by atoms with van der Waals surface area (Å²) in [7, 11) is 0. The first-order chi connectivity index (χ1) is 7.70. The van der Waals surface area contributed by atoms with Gasteiger partial charge in [0.25, 0.3) is 0 Å². The molecule has 1 saturated carbocycles. The molecule has 0 bridgehead atoms. The number of benzene rings is 1. The van der Waals surface area contributed by atoms with E-state index in [0.29, 0.717) is 0 Å². The van der Waals surface area contributed by atoms with Crippen molar-refractivity contribution < 1.29 is 5.11 Å². The van der Waals surface area contributed by atoms with Gasteiger partial charge in [0.05, 0.1) is 5.60 Å². The maximum atomic E-state index is 10.4. The molecule has 1 N–H and O–H groups in total. The molecule has 0 heterocycles. The van der Waals surface area contributed by atoms with Crippen LogP contribution < -0.4 is 0 Å². The lowest BCUT2D eigenvalue weighted by atomic mass is 9.79. The molecule has 1 aliphatic rings. The highest BCUT2D eigenvalue weighted by Crippen LogP contribution is 2.35. The summed E-state index contributed by atoms with van der Waals surface area (Å²) in [6.45, 7) is 4.10. The van der Waals surface area contributed by atoms with Crippen molar-refractivity contribution >= 4 is 5.57 Å². The van der Waals surface area contributed by atoms with Crippen LogP contribution in [-0.4, -0.2) is 10.7 Å². The van der Waals surface area contributed by atoms with Gasteiger partial charge < -0.3 is 5.11 Å². The number of hydrogen-bond donors (Lipinski definition) is 1. The fraction of sp³-hybridized carbons (Fsp3) is 0.467. The van der Waals surface area contributed by atoms with Crippen molar-refractivity contribution in [3.05, 3.63) is 42.5 Å². The molecular formula is C15H20O. The zero-order chi connectivity index (χ0) is 11.4. The summed E-state index contributed by atoms with van der Waals surface area (Å²) >= 11 is 0. The number of aliphatic hydroxyl groups is 1. The molecule has 86 valence electrons. The van der Waals surface area contributed by atoms with E-state index in [1.165, 1.54) is 6.42 Å². The molecule has 16 heavy (non-hydrogen) atoms. The van der Waals surface area contributed by atoms with E-state index in [4.69, 9.17) is 0 Å². The van der Waals surface area contributed by atoms with E-state index in [2.05, 4.69) is 18.7 Å². The molecule has 0 amide bonds. The first kappa shape index (κ1) is 11.4. The predicted octanol–water partition coefficient (Wildman–Crippen LogP) is 3.79. The molecular weight excluding hydrogens is 196 g/mol. The highest BCUT2D eigenvalue weighted by Gasteiger charge is 2.29. The zero-order valence-electron chi connectivity index (χ0n) is 9.78. The summed E-state index contributed by atoms with van der Waals surface area (Å²) < 4.78 is 0. The topological polar surface area (TPSA) is 20.2 Å². The predicted molar refractivity (Wildman–Crippen MR) is 68.1 cm³/mol. The molecule has 1 fully saturated rings. The summed E-state index contributed by atoms with van der Waals surface area (Å²) in [5.41, 5.74) is 1.72. The third-order valence-corrected chi connectivity index (χ3v) is 3.51. The van der Waals surface area contributed by atoms with Gasteiger partial charge in [-0.25, -0.2) is 0 Å². The molecule has 2 rings (SSSR count). The van der Waals surface area contributed by atoms with Gasteiger partial charge in [-0.1, -0.05) is 56.2 Å². The Morgan fingerprint density at radius 3 is 2.38 bits per heavy atom. The molecule has 1 aromatic carbocycles. The molecule has 1 heteroatoms. The van der Waals surface area contributed by atoms with Crippen LogP contribution >= 0.6 is 0 Å². The van der Waals surface area contributed by atoms with Gasteiger partial charge in [0.1, 0.15) is 0 Å². The first-order valence-corrected chi connectivity index (χ1v) is 6.15. The zero-order valence-corrected chi connectivity index (χ0v) is 9.78. The smallest absolute Gasteiger partial charge is 0.0688 e. The van der Waals surface area contributed by atoms with Crippen molar-refractivity contribution in [2.45, 2.75) is 44.1 Å². The molecule has 0 aromatic heterocycles. The molecule has 1 aliphatic carbocycles. The molecule has 1 aromatic rings. The minimum atomic E-state index is -0.495. The third kappa shape index (κ3) is 2.73. The third-order valence-electron chi connectivity index (χ3n) is 3.51. The second kappa shape index (κ2) is 4.84. The summed E-state index contributed by atoms with van der Waals surface area (Å²) in [5, 5.41) is 10.4. The van der Waals surface area contributed by atoms with E-state index in [1.54, 1.807) is 0 Å². The van der Waals surface area contributed by atoms with Crippen LogP contribution in [0.25, 0.3) is 5.57 Å². The van der Waals surface area contributed by atoms with Crippen molar-refractivity contribution in [2.24, 2.45) is 0 Å². The molecule has 0 aliphatic heterocycles. The maximum absolute atomic E-state index is 10.4. The number of hydrogen-bond acceptors (Lipinski definition) is 1. The van der Waals surface area contributed by atoms with Gasteiger partial charge in [-0.2, -0.15) is 0 Å². The molecule has 0 unspecified atom stereocenters. The molecule has 0 atom stereocenters. The lowest BCUT2D eigenvalue weighted by Crippen LogP contribution is -2.31. The van der Waals surface area contributed by atoms with Crippen LogP contribution in [0, 0.1) is 0 Å². The van der Waals surface area contributed by atoms with Crippen LogP contribution in [0.4, 0.5) is 0 Å². The van der Waals surface area contributed by atoms with Crippen LogP contribution in [-0.2, 0) is 0 Å². The monoisotopic (exact) mass is 216 g/mol. The summed E-state index contributed by atoms with van der Waals surface area (Å²) in [6, 6.07) is 10.2. The van der Waals surface area contributed by atoms with E-state index in [-0.39, 0.29) is 0 Å². The van der Waals surface area contributed by atoms with Gasteiger partial charge >= 0.3 is 0 Å². The van der Waals surface area contributed by atoms with E-state index in [1.807, 2.05) is 18.2 Å². The lowest BCUT2D eigenvalue weighted by Gasteiger charge is -2.32. The standard InChI is InChI=1S/C15H20O/c1-13(14-8-4-2-5-9-14)12-15(16)10-6-3-7-11-15/h2,4-5,8-9,16H,1,3,6-7,10-12H2. The number of rotatable bonds is 3. The lowest BCUT2D eigenvalue weighted by molar-refractivity contribution is 0.00914. The van der Waals surface area contributed by atoms with Crippen LogP contribution in [0.2, 0.25) is 0 Å². The normalized spacial score (nSPS) is 19.3. The van der Waals surface area contributed by atoms with Crippen molar-refractivity contribution in [3.63, 3.8) is 0 Å². The Balaban J connectivity index is 2.01. The van der Waals surface area contributed by atoms with Gasteiger partial charge in [0, 0.05) is 6.42 Å². The molecule has 0 radical (unpaired) electrons. The maximum Gasteiger partial charge on any atom is 0.0688 e. The summed E-state index contributed by atoms with van der Waals surface area (Å²) in [4.78, 5) is 0. The largest absolute Gasteiger partial charge is 0.390 e. The van der Waals surface area contributed by atoms with Crippen molar-refractivity contribution in [3.8, 4) is 0 Å². The van der Waals surface area contributed by atoms with Gasteiger partial charge in [-0.3, -0.25) is 0 Å². The minimum Gasteiger partial charge on any atom is -0.390 e. The summed E-state index contributed by atoms with van der Waals surface area (Å²) in [5.74, 6) is 0. The molecule has 0 saturated heterocycles. The SMILES string of the molecule is C=C(CC1(O)CCCCC1)c1ccccc1. The van der Waals surface area contributed by atoms with Crippen molar-refractivity contribution in [2.75, 3.05) is 0 Å². The van der Waals surface area contributed by atoms with Gasteiger partial charge in [-0.15, -0.1) is 0 Å². The minimum absolute atomic E-state index is 0.495. The van der Waals surface area contributed by atoms with Crippen LogP contribution in [0.3, 0.4) is 0 Å². The van der Waals surface area contributed by atoms with E-state index in [0.717, 1.165) is 43.2 Å². The van der Waals surface area contributed by atoms with Crippen molar-refractivity contribution in [1.29, 1.82) is 0 Å². The average Bonchev–Trinajstić information content (AvgIpc) is 2.30. The Morgan fingerprint density at radius 1 is 1.12 bits per heavy atom. The average molecular weight is 216 g/mol. The van der Waals surface area contributed by atoms with Crippen LogP contribution in [0.1, 0.15) is 44.1 Å². The van der Waals surface area contributed by atoms with E-state index >= 15 is 0 Å². The van der Waals surface area contributed by atoms with Gasteiger partial charge in [0.15, 0.2) is 0 Å². The highest BCUT2D eigenvalue weighted by molar-refractivity contribution is 5.63. The second-order valence-electron chi connectivity index (χ2n) is 4.93. The first-order valence-electron chi connectivity index (χ1n) is 6.15. The summed E-state index contributed by atoms with van der Waals surface area (Å²) in [6.07, 6.45) is 6.14. The van der Waals surface area contributed by atoms with Crippen LogP contribution in [0.5, 0.6) is 0 Å². The second-order valence-corrected chi connectivity index (χ2v) is 4.93. The Kier molecular flexibility index (Phi) is 3.45. The van der Waals surface area contributed by atoms with Crippen LogP contribution in [0.15, 0.2) is 36.9 Å².